The SMILES string of the molecule is CCN(CC(=O)N(C)C)C(=O)N(CC(=O)O)CC1CC1. The van der Waals surface area contributed by atoms with Gasteiger partial charge in [0.2, 0.25) is 5.91 Å². The number of carboxylic acids is 1. The predicted molar refractivity (Wildman–Crippen MR) is 73.3 cm³/mol. The molecule has 1 saturated carbocycles. The summed E-state index contributed by atoms with van der Waals surface area (Å²) < 4.78 is 0. The van der Waals surface area contributed by atoms with E-state index in [1.807, 2.05) is 0 Å². The van der Waals surface area contributed by atoms with Crippen LogP contribution in [0.1, 0.15) is 19.8 Å². The lowest BCUT2D eigenvalue weighted by Gasteiger charge is -2.29. The highest BCUT2D eigenvalue weighted by atomic mass is 16.4. The molecule has 0 heterocycles. The van der Waals surface area contributed by atoms with Gasteiger partial charge >= 0.3 is 12.0 Å². The normalized spacial score (nSPS) is 13.8. The molecule has 0 atom stereocenters. The molecule has 1 fully saturated rings. The van der Waals surface area contributed by atoms with Crippen LogP contribution in [0.2, 0.25) is 0 Å². The molecule has 0 aromatic heterocycles. The second-order valence-corrected chi connectivity index (χ2v) is 5.30. The number of carbonyl (C=O) groups excluding carboxylic acids is 2. The molecule has 1 N–H and O–H groups in total. The lowest BCUT2D eigenvalue weighted by atomic mass is 10.3. The Labute approximate surface area is 119 Å². The average molecular weight is 285 g/mol. The van der Waals surface area contributed by atoms with E-state index >= 15 is 0 Å². The van der Waals surface area contributed by atoms with Crippen molar-refractivity contribution < 1.29 is 19.5 Å². The van der Waals surface area contributed by atoms with E-state index < -0.39 is 5.97 Å². The van der Waals surface area contributed by atoms with Crippen LogP contribution in [0.4, 0.5) is 4.79 Å². The van der Waals surface area contributed by atoms with Crippen LogP contribution in [0.5, 0.6) is 0 Å². The van der Waals surface area contributed by atoms with E-state index in [0.29, 0.717) is 19.0 Å². The minimum absolute atomic E-state index is 0.0247. The van der Waals surface area contributed by atoms with Crippen LogP contribution in [0.15, 0.2) is 0 Å². The van der Waals surface area contributed by atoms with E-state index in [1.54, 1.807) is 21.0 Å². The van der Waals surface area contributed by atoms with Crippen LogP contribution in [0.3, 0.4) is 0 Å². The second-order valence-electron chi connectivity index (χ2n) is 5.30. The highest BCUT2D eigenvalue weighted by Crippen LogP contribution is 2.29. The van der Waals surface area contributed by atoms with Gasteiger partial charge in [0.05, 0.1) is 0 Å². The number of rotatable bonds is 7. The Kier molecular flexibility index (Phi) is 5.79. The summed E-state index contributed by atoms with van der Waals surface area (Å²) in [4.78, 5) is 39.0. The van der Waals surface area contributed by atoms with Crippen molar-refractivity contribution in [3.63, 3.8) is 0 Å². The van der Waals surface area contributed by atoms with E-state index in [9.17, 15) is 14.4 Å². The third-order valence-electron chi connectivity index (χ3n) is 3.25. The van der Waals surface area contributed by atoms with Gasteiger partial charge in [-0.2, -0.15) is 0 Å². The second kappa shape index (κ2) is 7.12. The molecule has 7 nitrogen and oxygen atoms in total. The zero-order valence-electron chi connectivity index (χ0n) is 12.3. The van der Waals surface area contributed by atoms with E-state index in [2.05, 4.69) is 0 Å². The highest BCUT2D eigenvalue weighted by Gasteiger charge is 2.30. The van der Waals surface area contributed by atoms with Crippen molar-refractivity contribution >= 4 is 17.9 Å². The Morgan fingerprint density at radius 2 is 1.70 bits per heavy atom. The number of urea groups is 1. The van der Waals surface area contributed by atoms with Gasteiger partial charge in [-0.05, 0) is 25.7 Å². The molecule has 0 unspecified atom stereocenters. The van der Waals surface area contributed by atoms with E-state index in [4.69, 9.17) is 5.11 Å². The van der Waals surface area contributed by atoms with Gasteiger partial charge in [0.1, 0.15) is 13.1 Å². The van der Waals surface area contributed by atoms with Gasteiger partial charge in [-0.3, -0.25) is 9.59 Å². The molecule has 0 bridgehead atoms. The summed E-state index contributed by atoms with van der Waals surface area (Å²) in [5, 5.41) is 8.90. The lowest BCUT2D eigenvalue weighted by molar-refractivity contribution is -0.137. The van der Waals surface area contributed by atoms with Gasteiger partial charge < -0.3 is 19.8 Å². The van der Waals surface area contributed by atoms with Crippen molar-refractivity contribution in [2.24, 2.45) is 5.92 Å². The molecule has 0 aromatic carbocycles. The van der Waals surface area contributed by atoms with E-state index in [-0.39, 0.29) is 25.0 Å². The molecule has 0 saturated heterocycles. The molecule has 7 heteroatoms. The topological polar surface area (TPSA) is 81.2 Å². The number of nitrogens with zero attached hydrogens (tertiary/aromatic N) is 3. The minimum atomic E-state index is -1.03. The third kappa shape index (κ3) is 5.07. The Balaban J connectivity index is 2.67. The first kappa shape index (κ1) is 16.3. The molecule has 1 aliphatic carbocycles. The maximum atomic E-state index is 12.3. The molecule has 0 radical (unpaired) electrons. The molecule has 0 spiro atoms. The fraction of sp³-hybridized carbons (Fsp3) is 0.769. The first-order valence-corrected chi connectivity index (χ1v) is 6.81. The number of amides is 3. The minimum Gasteiger partial charge on any atom is -0.480 e. The fourth-order valence-electron chi connectivity index (χ4n) is 1.81. The molecular weight excluding hydrogens is 262 g/mol. The Morgan fingerprint density at radius 1 is 1.10 bits per heavy atom. The quantitative estimate of drug-likeness (QED) is 0.730. The van der Waals surface area contributed by atoms with Crippen LogP contribution in [0.25, 0.3) is 0 Å². The van der Waals surface area contributed by atoms with Gasteiger partial charge in [0.15, 0.2) is 0 Å². The van der Waals surface area contributed by atoms with Gasteiger partial charge in [0.25, 0.3) is 0 Å². The van der Waals surface area contributed by atoms with Crippen molar-refractivity contribution in [2.45, 2.75) is 19.8 Å². The zero-order valence-corrected chi connectivity index (χ0v) is 12.3. The fourth-order valence-corrected chi connectivity index (χ4v) is 1.81. The number of likely N-dealkylation sites (N-methyl/N-ethyl adjacent to an activating group) is 2. The van der Waals surface area contributed by atoms with Gasteiger partial charge in [-0.15, -0.1) is 0 Å². The Morgan fingerprint density at radius 3 is 2.10 bits per heavy atom. The molecule has 114 valence electrons. The molecule has 3 amide bonds. The summed E-state index contributed by atoms with van der Waals surface area (Å²) in [6.45, 7) is 2.26. The van der Waals surface area contributed by atoms with Crippen molar-refractivity contribution in [3.8, 4) is 0 Å². The number of carboxylic acid groups (broad SMARTS) is 1. The molecule has 1 rings (SSSR count). The Hall–Kier alpha value is -1.79. The third-order valence-corrected chi connectivity index (χ3v) is 3.25. The predicted octanol–water partition coefficient (Wildman–Crippen LogP) is 0.313. The number of hydrogen-bond donors (Lipinski definition) is 1. The first-order chi connectivity index (χ1) is 9.35. The van der Waals surface area contributed by atoms with Crippen molar-refractivity contribution in [3.05, 3.63) is 0 Å². The molecule has 0 aromatic rings. The highest BCUT2D eigenvalue weighted by molar-refractivity contribution is 5.85. The molecule has 0 aliphatic heterocycles. The smallest absolute Gasteiger partial charge is 0.323 e. The summed E-state index contributed by atoms with van der Waals surface area (Å²) in [5.41, 5.74) is 0. The van der Waals surface area contributed by atoms with E-state index in [1.165, 1.54) is 14.7 Å². The maximum Gasteiger partial charge on any atom is 0.323 e. The average Bonchev–Trinajstić information content (AvgIpc) is 3.17. The number of carbonyl (C=O) groups is 3. The molecule has 1 aliphatic rings. The number of aliphatic carboxylic acids is 1. The molecule has 20 heavy (non-hydrogen) atoms. The monoisotopic (exact) mass is 285 g/mol. The van der Waals surface area contributed by atoms with Crippen molar-refractivity contribution in [1.82, 2.24) is 14.7 Å². The standard InChI is InChI=1S/C13H23N3O4/c1-4-15(8-11(17)14(2)3)13(20)16(9-12(18)19)7-10-5-6-10/h10H,4-9H2,1-3H3,(H,18,19). The van der Waals surface area contributed by atoms with Gasteiger partial charge in [-0.1, -0.05) is 0 Å². The van der Waals surface area contributed by atoms with Crippen LogP contribution in [-0.4, -0.2) is 78.0 Å². The van der Waals surface area contributed by atoms with Crippen LogP contribution in [0, 0.1) is 5.92 Å². The summed E-state index contributed by atoms with van der Waals surface area (Å²) in [6, 6.07) is -0.378. The van der Waals surface area contributed by atoms with Crippen LogP contribution >= 0.6 is 0 Å². The maximum absolute atomic E-state index is 12.3. The Bertz CT molecular complexity index is 380. The lowest BCUT2D eigenvalue weighted by Crippen LogP contribution is -2.49. The van der Waals surface area contributed by atoms with Crippen molar-refractivity contribution in [2.75, 3.05) is 40.3 Å². The summed E-state index contributed by atoms with van der Waals surface area (Å²) >= 11 is 0. The molecular formula is C13H23N3O4. The van der Waals surface area contributed by atoms with Crippen LogP contribution in [-0.2, 0) is 9.59 Å². The largest absolute Gasteiger partial charge is 0.480 e. The summed E-state index contributed by atoms with van der Waals surface area (Å²) in [5.74, 6) is -0.808. The van der Waals surface area contributed by atoms with Crippen molar-refractivity contribution in [1.29, 1.82) is 0 Å². The summed E-state index contributed by atoms with van der Waals surface area (Å²) in [6.07, 6.45) is 2.07. The van der Waals surface area contributed by atoms with Gasteiger partial charge in [-0.25, -0.2) is 4.79 Å². The number of hydrogen-bond acceptors (Lipinski definition) is 3. The van der Waals surface area contributed by atoms with E-state index in [0.717, 1.165) is 12.8 Å². The van der Waals surface area contributed by atoms with Gasteiger partial charge in [0, 0.05) is 27.2 Å². The zero-order chi connectivity index (χ0) is 15.3. The summed E-state index contributed by atoms with van der Waals surface area (Å²) in [7, 11) is 3.25. The first-order valence-electron chi connectivity index (χ1n) is 6.81. The van der Waals surface area contributed by atoms with Crippen LogP contribution < -0.4 is 0 Å².